The molecule has 3 aromatic rings. The van der Waals surface area contributed by atoms with Crippen LogP contribution in [0.25, 0.3) is 10.2 Å². The van der Waals surface area contributed by atoms with Crippen LogP contribution in [0.5, 0.6) is 0 Å². The first-order valence-electron chi connectivity index (χ1n) is 6.30. The summed E-state index contributed by atoms with van der Waals surface area (Å²) in [6, 6.07) is 8.29. The summed E-state index contributed by atoms with van der Waals surface area (Å²) < 4.78 is 0.700. The molecule has 0 amide bonds. The first kappa shape index (κ1) is 13.4. The zero-order valence-electron chi connectivity index (χ0n) is 11.3. The Hall–Kier alpha value is -1.59. The lowest BCUT2D eigenvalue weighted by Crippen LogP contribution is -2.09. The van der Waals surface area contributed by atoms with Crippen molar-refractivity contribution in [2.45, 2.75) is 24.5 Å². The van der Waals surface area contributed by atoms with Crippen LogP contribution in [-0.4, -0.2) is 9.97 Å². The lowest BCUT2D eigenvalue weighted by molar-refractivity contribution is 1.04. The predicted octanol–water partition coefficient (Wildman–Crippen LogP) is 3.89. The van der Waals surface area contributed by atoms with Gasteiger partial charge in [-0.15, -0.1) is 23.1 Å². The van der Waals surface area contributed by atoms with E-state index >= 15 is 0 Å². The molecule has 1 aromatic carbocycles. The third-order valence-corrected chi connectivity index (χ3v) is 5.14. The van der Waals surface area contributed by atoms with Crippen LogP contribution < -0.4 is 5.56 Å². The molecule has 102 valence electrons. The quantitative estimate of drug-likeness (QED) is 0.746. The highest BCUT2D eigenvalue weighted by atomic mass is 32.2. The smallest absolute Gasteiger partial charge is 0.268 e. The molecule has 1 N–H and O–H groups in total. The fourth-order valence-electron chi connectivity index (χ4n) is 2.00. The lowest BCUT2D eigenvalue weighted by Gasteiger charge is -2.06. The van der Waals surface area contributed by atoms with Gasteiger partial charge in [-0.05, 0) is 36.9 Å². The number of thiophene rings is 1. The summed E-state index contributed by atoms with van der Waals surface area (Å²) in [5.41, 5.74) is 3.24. The van der Waals surface area contributed by atoms with E-state index in [2.05, 4.69) is 42.0 Å². The van der Waals surface area contributed by atoms with Gasteiger partial charge in [0.2, 0.25) is 0 Å². The van der Waals surface area contributed by atoms with E-state index in [4.69, 9.17) is 0 Å². The Bertz CT molecular complexity index is 820. The van der Waals surface area contributed by atoms with E-state index in [9.17, 15) is 4.79 Å². The van der Waals surface area contributed by atoms with Crippen molar-refractivity contribution in [2.75, 3.05) is 0 Å². The highest BCUT2D eigenvalue weighted by Gasteiger charge is 2.06. The first-order chi connectivity index (χ1) is 9.63. The van der Waals surface area contributed by atoms with E-state index in [1.54, 1.807) is 11.8 Å². The van der Waals surface area contributed by atoms with Crippen molar-refractivity contribution in [1.82, 2.24) is 9.97 Å². The maximum absolute atomic E-state index is 11.9. The number of hydrogen-bond donors (Lipinski definition) is 1. The number of aromatic amines is 1. The maximum Gasteiger partial charge on any atom is 0.268 e. The number of thioether (sulfide) groups is 1. The molecule has 0 saturated carbocycles. The third kappa shape index (κ3) is 2.64. The molecule has 0 saturated heterocycles. The van der Waals surface area contributed by atoms with Gasteiger partial charge in [0, 0.05) is 4.90 Å². The minimum Gasteiger partial charge on any atom is -0.309 e. The summed E-state index contributed by atoms with van der Waals surface area (Å²) >= 11 is 3.13. The molecule has 0 fully saturated rings. The van der Waals surface area contributed by atoms with Gasteiger partial charge in [-0.25, -0.2) is 4.98 Å². The van der Waals surface area contributed by atoms with Crippen molar-refractivity contribution in [1.29, 1.82) is 0 Å². The predicted molar refractivity (Wildman–Crippen MR) is 85.7 cm³/mol. The summed E-state index contributed by atoms with van der Waals surface area (Å²) in [5, 5.41) is 1.90. The van der Waals surface area contributed by atoms with Crippen molar-refractivity contribution in [3.63, 3.8) is 0 Å². The number of aryl methyl sites for hydroxylation is 2. The van der Waals surface area contributed by atoms with Crippen LogP contribution in [0.4, 0.5) is 0 Å². The van der Waals surface area contributed by atoms with Gasteiger partial charge in [0.25, 0.3) is 5.56 Å². The molecule has 5 heteroatoms. The molecular formula is C15H14N2OS2. The normalized spacial score (nSPS) is 11.1. The highest BCUT2D eigenvalue weighted by molar-refractivity contribution is 7.98. The molecule has 0 aliphatic carbocycles. The molecule has 0 aliphatic rings. The van der Waals surface area contributed by atoms with E-state index in [1.807, 2.05) is 11.4 Å². The Morgan fingerprint density at radius 3 is 3.00 bits per heavy atom. The van der Waals surface area contributed by atoms with Crippen LogP contribution in [0.15, 0.2) is 39.3 Å². The highest BCUT2D eigenvalue weighted by Crippen LogP contribution is 2.26. The topological polar surface area (TPSA) is 45.8 Å². The van der Waals surface area contributed by atoms with Crippen molar-refractivity contribution >= 4 is 33.3 Å². The largest absolute Gasteiger partial charge is 0.309 e. The molecule has 2 aromatic heterocycles. The fraction of sp³-hybridized carbons (Fsp3) is 0.200. The van der Waals surface area contributed by atoms with Gasteiger partial charge in [0.15, 0.2) is 0 Å². The second kappa shape index (κ2) is 5.42. The monoisotopic (exact) mass is 302 g/mol. The minimum atomic E-state index is -0.0402. The summed E-state index contributed by atoms with van der Waals surface area (Å²) in [5.74, 6) is 1.40. The molecule has 0 atom stereocenters. The van der Waals surface area contributed by atoms with Gasteiger partial charge in [-0.2, -0.15) is 0 Å². The Morgan fingerprint density at radius 2 is 2.15 bits per heavy atom. The summed E-state index contributed by atoms with van der Waals surface area (Å²) in [4.78, 5) is 20.5. The molecule has 0 spiro atoms. The van der Waals surface area contributed by atoms with E-state index in [0.717, 1.165) is 11.3 Å². The zero-order chi connectivity index (χ0) is 14.1. The Balaban J connectivity index is 1.86. The number of fused-ring (bicyclic) bond motifs is 1. The van der Waals surface area contributed by atoms with Crippen LogP contribution in [0.3, 0.4) is 0 Å². The molecule has 0 aliphatic heterocycles. The maximum atomic E-state index is 11.9. The van der Waals surface area contributed by atoms with Gasteiger partial charge >= 0.3 is 0 Å². The molecule has 3 rings (SSSR count). The van der Waals surface area contributed by atoms with E-state index in [-0.39, 0.29) is 5.56 Å². The molecule has 0 bridgehead atoms. The molecule has 0 radical (unpaired) electrons. The van der Waals surface area contributed by atoms with E-state index in [1.165, 1.54) is 27.4 Å². The lowest BCUT2D eigenvalue weighted by atomic mass is 10.2. The van der Waals surface area contributed by atoms with Gasteiger partial charge < -0.3 is 4.98 Å². The summed E-state index contributed by atoms with van der Waals surface area (Å²) in [7, 11) is 0. The number of benzene rings is 1. The summed E-state index contributed by atoms with van der Waals surface area (Å²) in [6.45, 7) is 4.18. The van der Waals surface area contributed by atoms with Crippen molar-refractivity contribution in [3.8, 4) is 0 Å². The molecule has 3 nitrogen and oxygen atoms in total. The minimum absolute atomic E-state index is 0.0402. The fourth-order valence-corrected chi connectivity index (χ4v) is 3.72. The number of nitrogens with zero attached hydrogens (tertiary/aromatic N) is 1. The first-order valence-corrected chi connectivity index (χ1v) is 8.16. The van der Waals surface area contributed by atoms with Gasteiger partial charge in [0.05, 0.1) is 11.3 Å². The van der Waals surface area contributed by atoms with E-state index in [0.29, 0.717) is 10.5 Å². The SMILES string of the molecule is Cc1ccc(C)c(SCc2nc3ccsc3c(=O)[nH]2)c1. The number of nitrogens with one attached hydrogen (secondary N) is 1. The van der Waals surface area contributed by atoms with Gasteiger partial charge in [-0.3, -0.25) is 4.79 Å². The van der Waals surface area contributed by atoms with Crippen LogP contribution in [0.1, 0.15) is 17.0 Å². The van der Waals surface area contributed by atoms with Crippen molar-refractivity contribution < 1.29 is 0 Å². The molecule has 20 heavy (non-hydrogen) atoms. The number of rotatable bonds is 3. The second-order valence-electron chi connectivity index (χ2n) is 4.71. The Labute approximate surface area is 125 Å². The average molecular weight is 302 g/mol. The Kier molecular flexibility index (Phi) is 3.63. The molecule has 2 heterocycles. The van der Waals surface area contributed by atoms with Crippen molar-refractivity contribution in [2.24, 2.45) is 0 Å². The average Bonchev–Trinajstić information content (AvgIpc) is 2.89. The standard InChI is InChI=1S/C15H14N2OS2/c1-9-3-4-10(2)12(7-9)20-8-13-16-11-5-6-19-14(11)15(18)17-13/h3-7H,8H2,1-2H3,(H,16,17,18). The van der Waals surface area contributed by atoms with E-state index < -0.39 is 0 Å². The van der Waals surface area contributed by atoms with Gasteiger partial charge in [-0.1, -0.05) is 17.7 Å². The van der Waals surface area contributed by atoms with Crippen LogP contribution in [-0.2, 0) is 5.75 Å². The number of hydrogen-bond acceptors (Lipinski definition) is 4. The van der Waals surface area contributed by atoms with Crippen LogP contribution in [0.2, 0.25) is 0 Å². The van der Waals surface area contributed by atoms with Crippen LogP contribution in [0, 0.1) is 13.8 Å². The summed E-state index contributed by atoms with van der Waals surface area (Å²) in [6.07, 6.45) is 0. The Morgan fingerprint density at radius 1 is 1.30 bits per heavy atom. The number of H-pyrrole nitrogens is 1. The van der Waals surface area contributed by atoms with Gasteiger partial charge in [0.1, 0.15) is 10.5 Å². The third-order valence-electron chi connectivity index (χ3n) is 3.07. The van der Waals surface area contributed by atoms with Crippen LogP contribution >= 0.6 is 23.1 Å². The number of aromatic nitrogens is 2. The molecule has 0 unspecified atom stereocenters. The zero-order valence-corrected chi connectivity index (χ0v) is 12.9. The molecular weight excluding hydrogens is 288 g/mol. The van der Waals surface area contributed by atoms with Crippen molar-refractivity contribution in [3.05, 3.63) is 57.0 Å². The second-order valence-corrected chi connectivity index (χ2v) is 6.64.